The van der Waals surface area contributed by atoms with Gasteiger partial charge < -0.3 is 9.80 Å². The Kier molecular flexibility index (Phi) is 4.09. The first-order chi connectivity index (χ1) is 11.7. The van der Waals surface area contributed by atoms with Crippen LogP contribution >= 0.6 is 11.3 Å². The van der Waals surface area contributed by atoms with Gasteiger partial charge in [-0.3, -0.25) is 0 Å². The summed E-state index contributed by atoms with van der Waals surface area (Å²) in [4.78, 5) is 11.3. The van der Waals surface area contributed by atoms with E-state index in [4.69, 9.17) is 4.98 Å². The van der Waals surface area contributed by atoms with Crippen molar-refractivity contribution in [3.8, 4) is 0 Å². The van der Waals surface area contributed by atoms with Crippen LogP contribution in [0.15, 0.2) is 0 Å². The van der Waals surface area contributed by atoms with Crippen LogP contribution in [-0.4, -0.2) is 51.7 Å². The molecule has 0 aromatic carbocycles. The minimum atomic E-state index is 0.596. The maximum atomic E-state index is 4.79. The average Bonchev–Trinajstić information content (AvgIpc) is 3.21. The van der Waals surface area contributed by atoms with Crippen LogP contribution in [-0.2, 0) is 13.0 Å². The van der Waals surface area contributed by atoms with Gasteiger partial charge in [-0.15, -0.1) is 11.3 Å². The molecule has 0 amide bonds. The highest BCUT2D eigenvalue weighted by atomic mass is 32.1. The monoisotopic (exact) mass is 346 g/mol. The van der Waals surface area contributed by atoms with Crippen LogP contribution in [0, 0.1) is 0 Å². The summed E-state index contributed by atoms with van der Waals surface area (Å²) in [7, 11) is 2.13. The first kappa shape index (κ1) is 15.7. The van der Waals surface area contributed by atoms with E-state index in [-0.39, 0.29) is 0 Å². The lowest BCUT2D eigenvalue weighted by atomic mass is 10.0. The van der Waals surface area contributed by atoms with Crippen molar-refractivity contribution >= 4 is 33.1 Å². The number of tetrazole rings is 1. The minimum absolute atomic E-state index is 0.596. The molecule has 1 aliphatic heterocycles. The molecule has 0 radical (unpaired) electrons. The third-order valence-corrected chi connectivity index (χ3v) is 6.20. The van der Waals surface area contributed by atoms with Crippen LogP contribution in [0.3, 0.4) is 0 Å². The zero-order chi connectivity index (χ0) is 16.7. The molecule has 24 heavy (non-hydrogen) atoms. The topological polar surface area (TPSA) is 63.7 Å². The number of quaternary nitrogens is 1. The number of anilines is 1. The SMILES string of the molecule is CCCCN(C)c1nc2nnnn2c2sc3c(c12)CC[NH+](CC)C3. The molecule has 0 fully saturated rings. The predicted molar refractivity (Wildman–Crippen MR) is 95.9 cm³/mol. The molecule has 0 saturated carbocycles. The summed E-state index contributed by atoms with van der Waals surface area (Å²) >= 11 is 1.84. The Morgan fingerprint density at radius 1 is 1.33 bits per heavy atom. The van der Waals surface area contributed by atoms with Crippen molar-refractivity contribution in [1.82, 2.24) is 25.0 Å². The maximum Gasteiger partial charge on any atom is 0.276 e. The molecule has 1 unspecified atom stereocenters. The Labute approximate surface area is 145 Å². The first-order valence-electron chi connectivity index (χ1n) is 8.80. The second-order valence-electron chi connectivity index (χ2n) is 6.57. The van der Waals surface area contributed by atoms with Gasteiger partial charge in [0.2, 0.25) is 0 Å². The van der Waals surface area contributed by atoms with Gasteiger partial charge in [0.05, 0.1) is 23.4 Å². The van der Waals surface area contributed by atoms with Crippen molar-refractivity contribution in [1.29, 1.82) is 0 Å². The summed E-state index contributed by atoms with van der Waals surface area (Å²) in [6.07, 6.45) is 3.46. The zero-order valence-electron chi connectivity index (χ0n) is 14.5. The Bertz CT molecular complexity index is 868. The summed E-state index contributed by atoms with van der Waals surface area (Å²) in [5, 5.41) is 13.4. The lowest BCUT2D eigenvalue weighted by Crippen LogP contribution is -3.11. The number of thiophene rings is 1. The van der Waals surface area contributed by atoms with Gasteiger partial charge in [0.25, 0.3) is 5.78 Å². The summed E-state index contributed by atoms with van der Waals surface area (Å²) in [5.74, 6) is 1.64. The fourth-order valence-corrected chi connectivity index (χ4v) is 4.87. The fourth-order valence-electron chi connectivity index (χ4n) is 3.52. The van der Waals surface area contributed by atoms with Gasteiger partial charge in [0.15, 0.2) is 0 Å². The second-order valence-corrected chi connectivity index (χ2v) is 7.65. The molecule has 3 aromatic rings. The molecule has 7 nitrogen and oxygen atoms in total. The predicted octanol–water partition coefficient (Wildman–Crippen LogP) is 0.931. The summed E-state index contributed by atoms with van der Waals surface area (Å²) in [5.41, 5.74) is 1.47. The Morgan fingerprint density at radius 2 is 2.21 bits per heavy atom. The van der Waals surface area contributed by atoms with Crippen molar-refractivity contribution in [2.24, 2.45) is 0 Å². The summed E-state index contributed by atoms with van der Waals surface area (Å²) < 4.78 is 1.81. The highest BCUT2D eigenvalue weighted by molar-refractivity contribution is 7.19. The van der Waals surface area contributed by atoms with Crippen molar-refractivity contribution in [3.63, 3.8) is 0 Å². The van der Waals surface area contributed by atoms with E-state index in [1.54, 1.807) is 9.42 Å². The Balaban J connectivity index is 1.91. The number of nitrogens with one attached hydrogen (secondary N) is 1. The number of fused-ring (bicyclic) bond motifs is 5. The zero-order valence-corrected chi connectivity index (χ0v) is 15.4. The van der Waals surface area contributed by atoms with E-state index in [1.807, 2.05) is 11.3 Å². The lowest BCUT2D eigenvalue weighted by Gasteiger charge is -2.23. The largest absolute Gasteiger partial charge is 0.359 e. The Hall–Kier alpha value is -1.80. The number of hydrogen-bond acceptors (Lipinski definition) is 6. The molecule has 3 aromatic heterocycles. The molecule has 4 heterocycles. The van der Waals surface area contributed by atoms with Crippen LogP contribution in [0.1, 0.15) is 37.1 Å². The van der Waals surface area contributed by atoms with Gasteiger partial charge in [-0.1, -0.05) is 18.4 Å². The molecule has 128 valence electrons. The van der Waals surface area contributed by atoms with Crippen LogP contribution < -0.4 is 9.80 Å². The average molecular weight is 346 g/mol. The molecule has 0 aliphatic carbocycles. The van der Waals surface area contributed by atoms with Crippen molar-refractivity contribution in [2.75, 3.05) is 31.6 Å². The molecular weight excluding hydrogens is 322 g/mol. The van der Waals surface area contributed by atoms with E-state index in [0.717, 1.165) is 36.6 Å². The molecule has 1 aliphatic rings. The van der Waals surface area contributed by atoms with Gasteiger partial charge >= 0.3 is 0 Å². The molecule has 0 bridgehead atoms. The van der Waals surface area contributed by atoms with Gasteiger partial charge in [-0.2, -0.15) is 9.50 Å². The number of aromatic nitrogens is 5. The lowest BCUT2D eigenvalue weighted by molar-refractivity contribution is -0.913. The number of hydrogen-bond donors (Lipinski definition) is 1. The molecule has 1 atom stereocenters. The van der Waals surface area contributed by atoms with Crippen LogP contribution in [0.25, 0.3) is 16.0 Å². The van der Waals surface area contributed by atoms with Gasteiger partial charge in [-0.05, 0) is 29.3 Å². The third kappa shape index (κ3) is 2.44. The highest BCUT2D eigenvalue weighted by Crippen LogP contribution is 2.37. The second kappa shape index (κ2) is 6.25. The highest BCUT2D eigenvalue weighted by Gasteiger charge is 2.27. The van der Waals surface area contributed by atoms with E-state index in [9.17, 15) is 0 Å². The van der Waals surface area contributed by atoms with Crippen molar-refractivity contribution < 1.29 is 4.90 Å². The molecule has 8 heteroatoms. The number of rotatable bonds is 5. The summed E-state index contributed by atoms with van der Waals surface area (Å²) in [6.45, 7) is 8.96. The minimum Gasteiger partial charge on any atom is -0.359 e. The standard InChI is InChI=1S/C16H23N7S/c1-4-6-8-21(3)14-13-11-7-9-22(5-2)10-12(11)24-15(13)23-16(17-14)18-19-20-23/h4-10H2,1-3H3/p+1. The van der Waals surface area contributed by atoms with Crippen LogP contribution in [0.2, 0.25) is 0 Å². The van der Waals surface area contributed by atoms with Gasteiger partial charge in [0.1, 0.15) is 17.2 Å². The molecule has 1 N–H and O–H groups in total. The third-order valence-electron chi connectivity index (χ3n) is 4.99. The van der Waals surface area contributed by atoms with Crippen LogP contribution in [0.4, 0.5) is 5.82 Å². The van der Waals surface area contributed by atoms with Gasteiger partial charge in [0, 0.05) is 20.0 Å². The Morgan fingerprint density at radius 3 is 3.00 bits per heavy atom. The normalized spacial score (nSPS) is 17.5. The number of unbranched alkanes of at least 4 members (excludes halogenated alkanes) is 1. The quantitative estimate of drug-likeness (QED) is 0.745. The van der Waals surface area contributed by atoms with Crippen LogP contribution in [0.5, 0.6) is 0 Å². The summed E-state index contributed by atoms with van der Waals surface area (Å²) in [6, 6.07) is 0. The first-order valence-corrected chi connectivity index (χ1v) is 9.61. The van der Waals surface area contributed by atoms with E-state index in [1.165, 1.54) is 35.3 Å². The van der Waals surface area contributed by atoms with E-state index in [2.05, 4.69) is 41.3 Å². The van der Waals surface area contributed by atoms with E-state index in [0.29, 0.717) is 5.78 Å². The molecule has 4 rings (SSSR count). The molecule has 0 saturated heterocycles. The van der Waals surface area contributed by atoms with Gasteiger partial charge in [-0.25, -0.2) is 0 Å². The number of nitrogens with zero attached hydrogens (tertiary/aromatic N) is 6. The van der Waals surface area contributed by atoms with Crippen molar-refractivity contribution in [2.45, 2.75) is 39.7 Å². The molecule has 0 spiro atoms. The van der Waals surface area contributed by atoms with Crippen molar-refractivity contribution in [3.05, 3.63) is 10.4 Å². The maximum absolute atomic E-state index is 4.79. The van der Waals surface area contributed by atoms with E-state index < -0.39 is 0 Å². The smallest absolute Gasteiger partial charge is 0.276 e. The fraction of sp³-hybridized carbons (Fsp3) is 0.625. The molecular formula is C16H24N7S+. The number of likely N-dealkylation sites (N-methyl/N-ethyl adjacent to an activating group) is 1. The van der Waals surface area contributed by atoms with E-state index >= 15 is 0 Å².